The van der Waals surface area contributed by atoms with Crippen LogP contribution in [0.5, 0.6) is 0 Å². The summed E-state index contributed by atoms with van der Waals surface area (Å²) in [5.41, 5.74) is 4.07. The molecular formula is C30H33ClN2. The molecule has 0 radical (unpaired) electrons. The van der Waals surface area contributed by atoms with Crippen molar-refractivity contribution in [3.8, 4) is 0 Å². The highest BCUT2D eigenvalue weighted by atomic mass is 35.5. The van der Waals surface area contributed by atoms with Gasteiger partial charge in [0.1, 0.15) is 0 Å². The number of nitrogens with one attached hydrogen (secondary N) is 1. The largest absolute Gasteiger partial charge is 0.308 e. The summed E-state index contributed by atoms with van der Waals surface area (Å²) in [6, 6.07) is 33.1. The van der Waals surface area contributed by atoms with Crippen LogP contribution in [0.3, 0.4) is 0 Å². The van der Waals surface area contributed by atoms with Crippen LogP contribution in [0.4, 0.5) is 0 Å². The first kappa shape index (κ1) is 21.4. The number of hydrogen-bond acceptors (Lipinski definition) is 2. The van der Waals surface area contributed by atoms with Crippen molar-refractivity contribution >= 4 is 11.6 Å². The second-order valence-electron chi connectivity index (χ2n) is 10.2. The Kier molecular flexibility index (Phi) is 6.00. The smallest absolute Gasteiger partial charge is 0.0450 e. The zero-order valence-corrected chi connectivity index (χ0v) is 19.9. The van der Waals surface area contributed by atoms with Crippen LogP contribution in [-0.2, 0) is 6.54 Å². The highest BCUT2D eigenvalue weighted by Gasteiger charge is 2.54. The molecule has 0 aromatic heterocycles. The van der Waals surface area contributed by atoms with Gasteiger partial charge in [0.2, 0.25) is 0 Å². The van der Waals surface area contributed by atoms with Crippen molar-refractivity contribution in [2.45, 2.75) is 68.7 Å². The van der Waals surface area contributed by atoms with Gasteiger partial charge in [0.15, 0.2) is 0 Å². The third-order valence-corrected chi connectivity index (χ3v) is 8.80. The number of fused-ring (bicyclic) bond motifs is 1. The SMILES string of the molecule is Clc1ccccc1CN[C@H]1C2C[C@H]3CCC[C@@H](C2)N3[C@H]1C(c1ccccc1)c1ccccc1. The highest BCUT2D eigenvalue weighted by Crippen LogP contribution is 2.50. The molecule has 2 nitrogen and oxygen atoms in total. The molecule has 4 aliphatic heterocycles. The first-order chi connectivity index (χ1) is 16.3. The fourth-order valence-corrected chi connectivity index (χ4v) is 7.35. The minimum Gasteiger partial charge on any atom is -0.308 e. The average Bonchev–Trinajstić information content (AvgIpc) is 2.85. The molecule has 3 heteroatoms. The Balaban J connectivity index is 1.41. The average molecular weight is 457 g/mol. The normalized spacial score (nSPS) is 30.5. The number of rotatable bonds is 6. The summed E-state index contributed by atoms with van der Waals surface area (Å²) >= 11 is 6.54. The van der Waals surface area contributed by atoms with Gasteiger partial charge in [0.25, 0.3) is 0 Å². The Bertz CT molecular complexity index is 1020. The van der Waals surface area contributed by atoms with Crippen molar-refractivity contribution in [2.75, 3.05) is 0 Å². The summed E-state index contributed by atoms with van der Waals surface area (Å²) < 4.78 is 0. The molecule has 0 spiro atoms. The van der Waals surface area contributed by atoms with E-state index in [2.05, 4.69) is 83.0 Å². The molecular weight excluding hydrogens is 424 g/mol. The van der Waals surface area contributed by atoms with E-state index in [1.807, 2.05) is 12.1 Å². The Morgan fingerprint density at radius 2 is 1.36 bits per heavy atom. The predicted molar refractivity (Wildman–Crippen MR) is 137 cm³/mol. The quantitative estimate of drug-likeness (QED) is 0.447. The molecule has 170 valence electrons. The van der Waals surface area contributed by atoms with E-state index in [0.717, 1.165) is 29.6 Å². The van der Waals surface area contributed by atoms with Gasteiger partial charge in [0.05, 0.1) is 0 Å². The van der Waals surface area contributed by atoms with Gasteiger partial charge >= 0.3 is 0 Å². The Hall–Kier alpha value is -2.13. The Morgan fingerprint density at radius 1 is 0.788 bits per heavy atom. The fourth-order valence-electron chi connectivity index (χ4n) is 7.15. The predicted octanol–water partition coefficient (Wildman–Crippen LogP) is 6.65. The second kappa shape index (κ2) is 9.25. The molecule has 4 fully saturated rings. The van der Waals surface area contributed by atoms with E-state index in [4.69, 9.17) is 11.6 Å². The Morgan fingerprint density at radius 3 is 1.97 bits per heavy atom. The van der Waals surface area contributed by atoms with E-state index in [0.29, 0.717) is 18.0 Å². The third-order valence-electron chi connectivity index (χ3n) is 8.43. The van der Waals surface area contributed by atoms with Gasteiger partial charge in [-0.15, -0.1) is 0 Å². The van der Waals surface area contributed by atoms with Gasteiger partial charge in [-0.2, -0.15) is 0 Å². The minimum absolute atomic E-state index is 0.363. The molecule has 4 saturated heterocycles. The summed E-state index contributed by atoms with van der Waals surface area (Å²) in [6.45, 7) is 0.830. The molecule has 2 unspecified atom stereocenters. The molecule has 0 aliphatic carbocycles. The number of benzene rings is 3. The fraction of sp³-hybridized carbons (Fsp3) is 0.400. The lowest BCUT2D eigenvalue weighted by Gasteiger charge is -2.63. The van der Waals surface area contributed by atoms with E-state index >= 15 is 0 Å². The standard InChI is InChI=1S/C30H33ClN2/c31-27-17-8-7-14-23(27)20-32-29-24-18-25-15-9-16-26(19-24)33(25)30(29)28(21-10-3-1-4-11-21)22-12-5-2-6-13-22/h1-8,10-14,17,24-26,28-30,32H,9,15-16,18-20H2/t24?,25-,26+,29-,30-/m0/s1. The molecule has 3 aromatic carbocycles. The lowest BCUT2D eigenvalue weighted by Crippen LogP contribution is -2.71. The van der Waals surface area contributed by atoms with Gasteiger partial charge in [-0.1, -0.05) is 96.9 Å². The number of hydrogen-bond donors (Lipinski definition) is 1. The van der Waals surface area contributed by atoms with Gasteiger partial charge in [-0.3, -0.25) is 4.90 Å². The molecule has 33 heavy (non-hydrogen) atoms. The van der Waals surface area contributed by atoms with Crippen LogP contribution < -0.4 is 5.32 Å². The van der Waals surface area contributed by atoms with Gasteiger partial charge in [-0.05, 0) is 54.4 Å². The monoisotopic (exact) mass is 456 g/mol. The lowest BCUT2D eigenvalue weighted by atomic mass is 9.63. The first-order valence-electron chi connectivity index (χ1n) is 12.6. The first-order valence-corrected chi connectivity index (χ1v) is 13.0. The Labute approximate surface area is 203 Å². The van der Waals surface area contributed by atoms with Crippen molar-refractivity contribution < 1.29 is 0 Å². The highest BCUT2D eigenvalue weighted by molar-refractivity contribution is 6.31. The molecule has 4 bridgehead atoms. The van der Waals surface area contributed by atoms with E-state index in [1.54, 1.807) is 0 Å². The van der Waals surface area contributed by atoms with Gasteiger partial charge in [0, 0.05) is 41.7 Å². The van der Waals surface area contributed by atoms with Crippen LogP contribution in [-0.4, -0.2) is 29.1 Å². The number of halogens is 1. The summed E-state index contributed by atoms with van der Waals surface area (Å²) in [5, 5.41) is 4.91. The van der Waals surface area contributed by atoms with E-state index < -0.39 is 0 Å². The van der Waals surface area contributed by atoms with Crippen LogP contribution in [0.2, 0.25) is 5.02 Å². The van der Waals surface area contributed by atoms with E-state index in [-0.39, 0.29) is 0 Å². The molecule has 6 atom stereocenters. The van der Waals surface area contributed by atoms with Crippen LogP contribution in [0.25, 0.3) is 0 Å². The molecule has 4 aliphatic rings. The molecule has 3 aromatic rings. The van der Waals surface area contributed by atoms with Crippen molar-refractivity contribution in [3.05, 3.63) is 107 Å². The summed E-state index contributed by atoms with van der Waals surface area (Å²) in [5.74, 6) is 1.09. The zero-order chi connectivity index (χ0) is 22.2. The van der Waals surface area contributed by atoms with Crippen molar-refractivity contribution in [1.82, 2.24) is 10.2 Å². The maximum Gasteiger partial charge on any atom is 0.0450 e. The molecule has 0 amide bonds. The lowest BCUT2D eigenvalue weighted by molar-refractivity contribution is -0.101. The number of nitrogens with zero attached hydrogens (tertiary/aromatic N) is 1. The summed E-state index contributed by atoms with van der Waals surface area (Å²) in [6.07, 6.45) is 6.78. The van der Waals surface area contributed by atoms with E-state index in [1.165, 1.54) is 48.8 Å². The third kappa shape index (κ3) is 4.03. The van der Waals surface area contributed by atoms with Gasteiger partial charge in [-0.25, -0.2) is 0 Å². The topological polar surface area (TPSA) is 15.3 Å². The van der Waals surface area contributed by atoms with Crippen LogP contribution >= 0.6 is 11.6 Å². The van der Waals surface area contributed by atoms with Crippen LogP contribution in [0, 0.1) is 5.92 Å². The maximum absolute atomic E-state index is 6.54. The maximum atomic E-state index is 6.54. The van der Waals surface area contributed by atoms with Crippen molar-refractivity contribution in [2.24, 2.45) is 5.92 Å². The molecule has 1 N–H and O–H groups in total. The molecule has 0 saturated carbocycles. The van der Waals surface area contributed by atoms with Crippen LogP contribution in [0.15, 0.2) is 84.9 Å². The van der Waals surface area contributed by atoms with Crippen LogP contribution in [0.1, 0.15) is 54.7 Å². The van der Waals surface area contributed by atoms with Gasteiger partial charge < -0.3 is 5.32 Å². The minimum atomic E-state index is 0.363. The molecule has 7 rings (SSSR count). The summed E-state index contributed by atoms with van der Waals surface area (Å²) in [4.78, 5) is 2.96. The van der Waals surface area contributed by atoms with Crippen molar-refractivity contribution in [1.29, 1.82) is 0 Å². The van der Waals surface area contributed by atoms with E-state index in [9.17, 15) is 0 Å². The summed E-state index contributed by atoms with van der Waals surface area (Å²) in [7, 11) is 0. The zero-order valence-electron chi connectivity index (χ0n) is 19.1. The van der Waals surface area contributed by atoms with Crippen molar-refractivity contribution in [3.63, 3.8) is 0 Å². The number of piperidine rings is 4. The molecule has 4 heterocycles. The second-order valence-corrected chi connectivity index (χ2v) is 10.6.